The van der Waals surface area contributed by atoms with Crippen LogP contribution in [0.5, 0.6) is 0 Å². The van der Waals surface area contributed by atoms with Gasteiger partial charge in [-0.15, -0.1) is 0 Å². The van der Waals surface area contributed by atoms with Crippen molar-refractivity contribution in [3.63, 3.8) is 0 Å². The molecule has 2 fully saturated rings. The molecule has 0 radical (unpaired) electrons. The summed E-state index contributed by atoms with van der Waals surface area (Å²) in [6.07, 6.45) is 10.7. The van der Waals surface area contributed by atoms with Gasteiger partial charge >= 0.3 is 0 Å². The van der Waals surface area contributed by atoms with E-state index in [0.29, 0.717) is 25.0 Å². The zero-order valence-corrected chi connectivity index (χ0v) is 16.1. The van der Waals surface area contributed by atoms with Crippen LogP contribution in [0.1, 0.15) is 56.9 Å². The van der Waals surface area contributed by atoms with Gasteiger partial charge in [0.25, 0.3) is 0 Å². The van der Waals surface area contributed by atoms with E-state index in [9.17, 15) is 0 Å². The molecule has 27 heavy (non-hydrogen) atoms. The van der Waals surface area contributed by atoms with Crippen molar-refractivity contribution in [1.29, 1.82) is 0 Å². The molecule has 2 aliphatic rings. The summed E-state index contributed by atoms with van der Waals surface area (Å²) in [6, 6.07) is 4.81. The number of nitrogens with zero attached hydrogens (tertiary/aromatic N) is 4. The van der Waals surface area contributed by atoms with Crippen molar-refractivity contribution in [2.24, 2.45) is 0 Å². The fraction of sp³-hybridized carbons (Fsp3) is 0.650. The van der Waals surface area contributed by atoms with E-state index in [1.165, 1.54) is 38.5 Å². The first kappa shape index (κ1) is 18.4. The number of aromatic nitrogens is 3. The minimum Gasteiger partial charge on any atom is -0.383 e. The minimum atomic E-state index is 0.260. The third-order valence-electron chi connectivity index (χ3n) is 5.71. The van der Waals surface area contributed by atoms with Crippen molar-refractivity contribution in [2.75, 3.05) is 32.1 Å². The molecule has 146 valence electrons. The normalized spacial score (nSPS) is 21.6. The molecule has 4 rings (SSSR count). The van der Waals surface area contributed by atoms with Gasteiger partial charge < -0.3 is 14.6 Å². The van der Waals surface area contributed by atoms with Crippen LogP contribution in [0.15, 0.2) is 22.9 Å². The molecule has 2 aromatic heterocycles. The molecule has 0 unspecified atom stereocenters. The van der Waals surface area contributed by atoms with Crippen LogP contribution < -0.4 is 5.32 Å². The van der Waals surface area contributed by atoms with Crippen molar-refractivity contribution < 1.29 is 9.26 Å². The average molecular weight is 371 g/mol. The predicted molar refractivity (Wildman–Crippen MR) is 103 cm³/mol. The molecular weight excluding hydrogens is 342 g/mol. The van der Waals surface area contributed by atoms with Crippen LogP contribution in [0.3, 0.4) is 0 Å². The lowest BCUT2D eigenvalue weighted by Crippen LogP contribution is -2.36. The van der Waals surface area contributed by atoms with Gasteiger partial charge in [-0.3, -0.25) is 4.90 Å². The number of hydrogen-bond donors (Lipinski definition) is 1. The Balaban J connectivity index is 1.51. The molecule has 0 bridgehead atoms. The number of rotatable bonds is 7. The van der Waals surface area contributed by atoms with Crippen LogP contribution in [0, 0.1) is 0 Å². The van der Waals surface area contributed by atoms with Gasteiger partial charge in [-0.05, 0) is 44.4 Å². The highest BCUT2D eigenvalue weighted by Gasteiger charge is 2.35. The first-order valence-corrected chi connectivity index (χ1v) is 10.1. The molecule has 7 heteroatoms. The van der Waals surface area contributed by atoms with Crippen molar-refractivity contribution in [3.05, 3.63) is 24.2 Å². The second-order valence-corrected chi connectivity index (χ2v) is 7.46. The Bertz CT molecular complexity index is 729. The first-order chi connectivity index (χ1) is 13.4. The topological polar surface area (TPSA) is 76.3 Å². The van der Waals surface area contributed by atoms with E-state index >= 15 is 0 Å². The van der Waals surface area contributed by atoms with Crippen molar-refractivity contribution in [1.82, 2.24) is 20.0 Å². The predicted octanol–water partition coefficient (Wildman–Crippen LogP) is 3.66. The minimum absolute atomic E-state index is 0.260. The van der Waals surface area contributed by atoms with Crippen LogP contribution >= 0.6 is 0 Å². The largest absolute Gasteiger partial charge is 0.383 e. The van der Waals surface area contributed by atoms with Gasteiger partial charge in [-0.25, -0.2) is 4.98 Å². The number of hydrogen-bond acceptors (Lipinski definition) is 7. The van der Waals surface area contributed by atoms with Crippen LogP contribution in [0.25, 0.3) is 11.4 Å². The second kappa shape index (κ2) is 8.80. The highest BCUT2D eigenvalue weighted by Crippen LogP contribution is 2.37. The first-order valence-electron chi connectivity index (χ1n) is 10.1. The van der Waals surface area contributed by atoms with Crippen LogP contribution in [0.4, 0.5) is 5.82 Å². The van der Waals surface area contributed by atoms with E-state index in [2.05, 4.69) is 20.4 Å². The van der Waals surface area contributed by atoms with Crippen molar-refractivity contribution in [2.45, 2.75) is 57.0 Å². The third kappa shape index (κ3) is 4.14. The van der Waals surface area contributed by atoms with Crippen LogP contribution in [0.2, 0.25) is 0 Å². The Hall–Kier alpha value is -1.99. The van der Waals surface area contributed by atoms with Gasteiger partial charge in [0.05, 0.1) is 18.2 Å². The lowest BCUT2D eigenvalue weighted by molar-refractivity contribution is 0.121. The third-order valence-corrected chi connectivity index (χ3v) is 5.71. The molecule has 3 heterocycles. The zero-order valence-electron chi connectivity index (χ0n) is 16.1. The molecule has 1 atom stereocenters. The number of pyridine rings is 1. The maximum Gasteiger partial charge on any atom is 0.244 e. The van der Waals surface area contributed by atoms with Gasteiger partial charge in [0.2, 0.25) is 11.7 Å². The fourth-order valence-corrected chi connectivity index (χ4v) is 4.38. The second-order valence-electron chi connectivity index (χ2n) is 7.46. The molecule has 0 spiro atoms. The van der Waals surface area contributed by atoms with Crippen molar-refractivity contribution >= 4 is 5.82 Å². The Labute approximate surface area is 160 Å². The van der Waals surface area contributed by atoms with Gasteiger partial charge in [0.15, 0.2) is 0 Å². The Morgan fingerprint density at radius 2 is 2.11 bits per heavy atom. The van der Waals surface area contributed by atoms with E-state index in [4.69, 9.17) is 14.2 Å². The average Bonchev–Trinajstić information content (AvgIpc) is 3.39. The Morgan fingerprint density at radius 1 is 1.22 bits per heavy atom. The summed E-state index contributed by atoms with van der Waals surface area (Å²) in [4.78, 5) is 11.8. The molecule has 1 saturated carbocycles. The number of nitrogens with one attached hydrogen (secondary N) is 1. The van der Waals surface area contributed by atoms with E-state index in [1.807, 2.05) is 12.1 Å². The monoisotopic (exact) mass is 371 g/mol. The summed E-state index contributed by atoms with van der Waals surface area (Å²) in [5.74, 6) is 2.12. The van der Waals surface area contributed by atoms with E-state index in [0.717, 1.165) is 30.2 Å². The molecule has 1 N–H and O–H groups in total. The van der Waals surface area contributed by atoms with Gasteiger partial charge in [-0.2, -0.15) is 4.98 Å². The molecule has 1 aliphatic carbocycles. The summed E-state index contributed by atoms with van der Waals surface area (Å²) >= 11 is 0. The summed E-state index contributed by atoms with van der Waals surface area (Å²) in [6.45, 7) is 2.44. The SMILES string of the molecule is COCCNc1ncccc1-c1noc([C@@H]2CCCN2C2CCCCC2)n1. The smallest absolute Gasteiger partial charge is 0.244 e. The molecule has 1 aliphatic heterocycles. The molecule has 1 saturated heterocycles. The molecule has 0 amide bonds. The highest BCUT2D eigenvalue weighted by atomic mass is 16.5. The van der Waals surface area contributed by atoms with Crippen LogP contribution in [-0.4, -0.2) is 52.9 Å². The van der Waals surface area contributed by atoms with Gasteiger partial charge in [0.1, 0.15) is 5.82 Å². The lowest BCUT2D eigenvalue weighted by atomic mass is 9.94. The summed E-state index contributed by atoms with van der Waals surface area (Å²) < 4.78 is 10.8. The molecular formula is C20H29N5O2. The van der Waals surface area contributed by atoms with E-state index < -0.39 is 0 Å². The quantitative estimate of drug-likeness (QED) is 0.744. The van der Waals surface area contributed by atoms with Gasteiger partial charge in [0, 0.05) is 25.9 Å². The number of ether oxygens (including phenoxy) is 1. The summed E-state index contributed by atoms with van der Waals surface area (Å²) in [5, 5.41) is 7.56. The number of anilines is 1. The molecule has 2 aromatic rings. The lowest BCUT2D eigenvalue weighted by Gasteiger charge is -2.34. The Kier molecular flexibility index (Phi) is 5.99. The maximum absolute atomic E-state index is 5.72. The van der Waals surface area contributed by atoms with Crippen LogP contribution in [-0.2, 0) is 4.74 Å². The summed E-state index contributed by atoms with van der Waals surface area (Å²) in [7, 11) is 1.69. The van der Waals surface area contributed by atoms with Gasteiger partial charge in [-0.1, -0.05) is 24.4 Å². The number of methoxy groups -OCH3 is 1. The van der Waals surface area contributed by atoms with E-state index in [-0.39, 0.29) is 6.04 Å². The van der Waals surface area contributed by atoms with E-state index in [1.54, 1.807) is 13.3 Å². The maximum atomic E-state index is 5.72. The highest BCUT2D eigenvalue weighted by molar-refractivity contribution is 5.69. The zero-order chi connectivity index (χ0) is 18.5. The standard InChI is InChI=1S/C20H29N5O2/c1-26-14-12-22-18-16(9-5-11-21-18)19-23-20(27-24-19)17-10-6-13-25(17)15-7-3-2-4-8-15/h5,9,11,15,17H,2-4,6-8,10,12-14H2,1H3,(H,21,22)/t17-/m0/s1. The van der Waals surface area contributed by atoms with Crippen molar-refractivity contribution in [3.8, 4) is 11.4 Å². The summed E-state index contributed by atoms with van der Waals surface area (Å²) in [5.41, 5.74) is 0.866. The number of likely N-dealkylation sites (tertiary alicyclic amines) is 1. The fourth-order valence-electron chi connectivity index (χ4n) is 4.38. The molecule has 0 aromatic carbocycles. The Morgan fingerprint density at radius 3 is 2.96 bits per heavy atom. The molecule has 7 nitrogen and oxygen atoms in total.